The Morgan fingerprint density at radius 1 is 1.21 bits per heavy atom. The van der Waals surface area contributed by atoms with Crippen LogP contribution in [0.4, 0.5) is 10.1 Å². The molecule has 8 heteroatoms. The van der Waals surface area contributed by atoms with Crippen LogP contribution < -0.4 is 5.32 Å². The highest BCUT2D eigenvalue weighted by molar-refractivity contribution is 7.07. The molecule has 2 heterocycles. The topological polar surface area (TPSA) is 55.9 Å². The number of anilines is 1. The summed E-state index contributed by atoms with van der Waals surface area (Å²) in [4.78, 5) is 30.5. The Balaban J connectivity index is 1.38. The lowest BCUT2D eigenvalue weighted by molar-refractivity contribution is -0.134. The van der Waals surface area contributed by atoms with Crippen LogP contribution in [0.1, 0.15) is 5.56 Å². The fourth-order valence-electron chi connectivity index (χ4n) is 3.21. The standard InChI is InChI=1S/C20H25FN4O2S/c1-23(12-16-5-10-28-15-16)14-20(27)25-8-6-24(7-9-25)13-19(26)22-18-4-2-3-17(21)11-18/h2-5,10-11,15H,6-9,12-14H2,1H3,(H,22,26). The normalized spacial score (nSPS) is 15.0. The first-order valence-electron chi connectivity index (χ1n) is 9.25. The van der Waals surface area contributed by atoms with Gasteiger partial charge >= 0.3 is 0 Å². The largest absolute Gasteiger partial charge is 0.339 e. The number of hydrogen-bond donors (Lipinski definition) is 1. The number of nitrogens with zero attached hydrogens (tertiary/aromatic N) is 3. The van der Waals surface area contributed by atoms with Crippen LogP contribution in [-0.4, -0.2) is 72.8 Å². The van der Waals surface area contributed by atoms with E-state index in [1.807, 2.05) is 27.1 Å². The second kappa shape index (κ2) is 9.77. The number of piperazine rings is 1. The Kier molecular flexibility index (Phi) is 7.13. The molecule has 1 saturated heterocycles. The van der Waals surface area contributed by atoms with Crippen LogP contribution in [0.25, 0.3) is 0 Å². The molecule has 2 amide bonds. The van der Waals surface area contributed by atoms with Crippen molar-refractivity contribution in [2.75, 3.05) is 51.6 Å². The van der Waals surface area contributed by atoms with Crippen LogP contribution in [0, 0.1) is 5.82 Å². The van der Waals surface area contributed by atoms with Gasteiger partial charge in [-0.1, -0.05) is 6.07 Å². The number of carbonyl (C=O) groups is 2. The van der Waals surface area contributed by atoms with E-state index < -0.39 is 0 Å². The monoisotopic (exact) mass is 404 g/mol. The highest BCUT2D eigenvalue weighted by Crippen LogP contribution is 2.11. The summed E-state index contributed by atoms with van der Waals surface area (Å²) < 4.78 is 13.2. The van der Waals surface area contributed by atoms with Crippen molar-refractivity contribution in [1.82, 2.24) is 14.7 Å². The van der Waals surface area contributed by atoms with Crippen LogP contribution >= 0.6 is 11.3 Å². The van der Waals surface area contributed by atoms with Gasteiger partial charge in [0, 0.05) is 38.4 Å². The van der Waals surface area contributed by atoms with E-state index >= 15 is 0 Å². The van der Waals surface area contributed by atoms with E-state index in [9.17, 15) is 14.0 Å². The molecule has 0 spiro atoms. The van der Waals surface area contributed by atoms with Gasteiger partial charge in [-0.25, -0.2) is 4.39 Å². The summed E-state index contributed by atoms with van der Waals surface area (Å²) in [6.45, 7) is 3.89. The summed E-state index contributed by atoms with van der Waals surface area (Å²) in [6, 6.07) is 7.92. The Labute approximate surface area is 168 Å². The predicted molar refractivity (Wildman–Crippen MR) is 109 cm³/mol. The molecule has 0 atom stereocenters. The van der Waals surface area contributed by atoms with Gasteiger partial charge in [0.15, 0.2) is 0 Å². The summed E-state index contributed by atoms with van der Waals surface area (Å²) in [5, 5.41) is 6.83. The van der Waals surface area contributed by atoms with Gasteiger partial charge in [0.1, 0.15) is 5.82 Å². The lowest BCUT2D eigenvalue weighted by atomic mass is 10.2. The molecule has 1 aromatic carbocycles. The van der Waals surface area contributed by atoms with E-state index in [1.165, 1.54) is 17.7 Å². The summed E-state index contributed by atoms with van der Waals surface area (Å²) in [6.07, 6.45) is 0. The minimum Gasteiger partial charge on any atom is -0.339 e. The summed E-state index contributed by atoms with van der Waals surface area (Å²) in [5.74, 6) is -0.448. The van der Waals surface area contributed by atoms with Crippen molar-refractivity contribution in [3.63, 3.8) is 0 Å². The molecule has 6 nitrogen and oxygen atoms in total. The predicted octanol–water partition coefficient (Wildman–Crippen LogP) is 2.10. The van der Waals surface area contributed by atoms with Gasteiger partial charge in [0.25, 0.3) is 0 Å². The van der Waals surface area contributed by atoms with Crippen molar-refractivity contribution in [3.05, 3.63) is 52.5 Å². The zero-order valence-electron chi connectivity index (χ0n) is 15.9. The van der Waals surface area contributed by atoms with Crippen molar-refractivity contribution in [2.24, 2.45) is 0 Å². The first-order valence-corrected chi connectivity index (χ1v) is 10.2. The molecule has 0 aliphatic carbocycles. The maximum absolute atomic E-state index is 13.2. The third kappa shape index (κ3) is 6.12. The number of amides is 2. The molecule has 3 rings (SSSR count). The van der Waals surface area contributed by atoms with Gasteiger partial charge < -0.3 is 10.2 Å². The third-order valence-corrected chi connectivity index (χ3v) is 5.37. The maximum Gasteiger partial charge on any atom is 0.238 e. The molecule has 1 aliphatic heterocycles. The first-order chi connectivity index (χ1) is 13.5. The second-order valence-electron chi connectivity index (χ2n) is 7.02. The van der Waals surface area contributed by atoms with Gasteiger partial charge in [-0.2, -0.15) is 11.3 Å². The van der Waals surface area contributed by atoms with Crippen molar-refractivity contribution in [3.8, 4) is 0 Å². The molecule has 0 saturated carbocycles. The van der Waals surface area contributed by atoms with Crippen LogP contribution in [0.2, 0.25) is 0 Å². The summed E-state index contributed by atoms with van der Waals surface area (Å²) in [7, 11) is 1.95. The molecular weight excluding hydrogens is 379 g/mol. The quantitative estimate of drug-likeness (QED) is 0.768. The van der Waals surface area contributed by atoms with Gasteiger partial charge in [-0.3, -0.25) is 19.4 Å². The van der Waals surface area contributed by atoms with Crippen LogP contribution in [0.5, 0.6) is 0 Å². The molecule has 28 heavy (non-hydrogen) atoms. The van der Waals surface area contributed by atoms with Gasteiger partial charge in [0.2, 0.25) is 11.8 Å². The summed E-state index contributed by atoms with van der Waals surface area (Å²) >= 11 is 1.66. The van der Waals surface area contributed by atoms with E-state index in [0.717, 1.165) is 6.54 Å². The van der Waals surface area contributed by atoms with Gasteiger partial charge in [-0.15, -0.1) is 0 Å². The molecule has 1 N–H and O–H groups in total. The third-order valence-electron chi connectivity index (χ3n) is 4.64. The van der Waals surface area contributed by atoms with Gasteiger partial charge in [0.05, 0.1) is 13.1 Å². The molecule has 2 aromatic rings. The lowest BCUT2D eigenvalue weighted by Crippen LogP contribution is -2.52. The van der Waals surface area contributed by atoms with Crippen molar-refractivity contribution in [1.29, 1.82) is 0 Å². The highest BCUT2D eigenvalue weighted by Gasteiger charge is 2.23. The molecular formula is C20H25FN4O2S. The van der Waals surface area contributed by atoms with Crippen molar-refractivity contribution < 1.29 is 14.0 Å². The molecule has 1 aliphatic rings. The number of halogens is 1. The molecule has 1 fully saturated rings. The van der Waals surface area contributed by atoms with E-state index in [-0.39, 0.29) is 24.2 Å². The molecule has 1 aromatic heterocycles. The van der Waals surface area contributed by atoms with Crippen LogP contribution in [-0.2, 0) is 16.1 Å². The number of rotatable bonds is 7. The fourth-order valence-corrected chi connectivity index (χ4v) is 3.87. The molecule has 0 bridgehead atoms. The van der Waals surface area contributed by atoms with Crippen molar-refractivity contribution in [2.45, 2.75) is 6.54 Å². The highest BCUT2D eigenvalue weighted by atomic mass is 32.1. The Hall–Kier alpha value is -2.29. The molecule has 0 unspecified atom stereocenters. The zero-order chi connectivity index (χ0) is 19.9. The smallest absolute Gasteiger partial charge is 0.238 e. The van der Waals surface area contributed by atoms with Crippen LogP contribution in [0.15, 0.2) is 41.1 Å². The van der Waals surface area contributed by atoms with E-state index in [0.29, 0.717) is 38.4 Å². The number of carbonyl (C=O) groups excluding carboxylic acids is 2. The molecule has 150 valence electrons. The van der Waals surface area contributed by atoms with Crippen molar-refractivity contribution >= 4 is 28.8 Å². The fraction of sp³-hybridized carbons (Fsp3) is 0.400. The lowest BCUT2D eigenvalue weighted by Gasteiger charge is -2.35. The number of thiophene rings is 1. The number of nitrogens with one attached hydrogen (secondary N) is 1. The van der Waals surface area contributed by atoms with Crippen LogP contribution in [0.3, 0.4) is 0 Å². The Bertz CT molecular complexity index is 791. The Morgan fingerprint density at radius 3 is 2.68 bits per heavy atom. The average Bonchev–Trinajstić information content (AvgIpc) is 3.15. The number of likely N-dealkylation sites (N-methyl/N-ethyl adjacent to an activating group) is 1. The average molecular weight is 405 g/mol. The zero-order valence-corrected chi connectivity index (χ0v) is 16.8. The maximum atomic E-state index is 13.2. The van der Waals surface area contributed by atoms with Gasteiger partial charge in [-0.05, 0) is 47.6 Å². The van der Waals surface area contributed by atoms with E-state index in [1.54, 1.807) is 23.5 Å². The second-order valence-corrected chi connectivity index (χ2v) is 7.80. The summed E-state index contributed by atoms with van der Waals surface area (Å²) in [5.41, 5.74) is 1.67. The number of benzene rings is 1. The minimum absolute atomic E-state index is 0.113. The SMILES string of the molecule is CN(CC(=O)N1CCN(CC(=O)Nc2cccc(F)c2)CC1)Cc1ccsc1. The minimum atomic E-state index is -0.381. The first kappa shape index (κ1) is 20.4. The van der Waals surface area contributed by atoms with E-state index in [4.69, 9.17) is 0 Å². The number of hydrogen-bond acceptors (Lipinski definition) is 5. The Morgan fingerprint density at radius 2 is 2.00 bits per heavy atom. The molecule has 0 radical (unpaired) electrons. The van der Waals surface area contributed by atoms with E-state index in [2.05, 4.69) is 16.8 Å².